The lowest BCUT2D eigenvalue weighted by molar-refractivity contribution is 0.0303. The first-order valence-electron chi connectivity index (χ1n) is 7.37. The molecule has 0 bridgehead atoms. The minimum Gasteiger partial charge on any atom is -0.389 e. The zero-order valence-electron chi connectivity index (χ0n) is 12.8. The van der Waals surface area contributed by atoms with Gasteiger partial charge in [0, 0.05) is 12.6 Å². The van der Waals surface area contributed by atoms with Crippen LogP contribution in [0.1, 0.15) is 45.2 Å². The molecule has 0 amide bonds. The smallest absolute Gasteiger partial charge is 0.143 e. The molecule has 0 radical (unpaired) electrons. The highest BCUT2D eigenvalue weighted by atomic mass is 16.3. The van der Waals surface area contributed by atoms with Crippen LogP contribution in [0.5, 0.6) is 0 Å². The topological polar surface area (TPSA) is 75.9 Å². The van der Waals surface area contributed by atoms with E-state index >= 15 is 0 Å². The molecule has 0 aliphatic heterocycles. The fourth-order valence-corrected chi connectivity index (χ4v) is 2.16. The third-order valence-electron chi connectivity index (χ3n) is 4.06. The van der Waals surface area contributed by atoms with Crippen LogP contribution >= 0.6 is 0 Å². The van der Waals surface area contributed by atoms with Gasteiger partial charge in [0.05, 0.1) is 11.3 Å². The maximum atomic E-state index is 10.3. The highest BCUT2D eigenvalue weighted by Gasteiger charge is 2.22. The predicted octanol–water partition coefficient (Wildman–Crippen LogP) is 1.86. The summed E-state index contributed by atoms with van der Waals surface area (Å²) < 4.78 is 1.62. The molecule has 2 N–H and O–H groups in total. The van der Waals surface area contributed by atoms with Gasteiger partial charge in [-0.15, -0.1) is 5.10 Å². The molecule has 0 saturated carbocycles. The number of rotatable bonds is 7. The lowest BCUT2D eigenvalue weighted by Crippen LogP contribution is -2.40. The van der Waals surface area contributed by atoms with Gasteiger partial charge in [0.2, 0.25) is 0 Å². The normalized spacial score (nSPS) is 13.3. The van der Waals surface area contributed by atoms with E-state index < -0.39 is 5.60 Å². The Morgan fingerprint density at radius 2 is 1.90 bits per heavy atom. The van der Waals surface area contributed by atoms with Crippen LogP contribution in [0, 0.1) is 0 Å². The van der Waals surface area contributed by atoms with Crippen molar-refractivity contribution in [3.05, 3.63) is 36.2 Å². The summed E-state index contributed by atoms with van der Waals surface area (Å²) in [7, 11) is 0. The number of nitrogens with one attached hydrogen (secondary N) is 1. The van der Waals surface area contributed by atoms with Crippen LogP contribution in [0.15, 0.2) is 30.6 Å². The molecule has 1 atom stereocenters. The number of hydrogen-bond donors (Lipinski definition) is 2. The fourth-order valence-electron chi connectivity index (χ4n) is 2.16. The summed E-state index contributed by atoms with van der Waals surface area (Å²) >= 11 is 0. The maximum Gasteiger partial charge on any atom is 0.143 e. The van der Waals surface area contributed by atoms with Gasteiger partial charge in [-0.25, -0.2) is 4.68 Å². The van der Waals surface area contributed by atoms with Gasteiger partial charge >= 0.3 is 0 Å². The Labute approximate surface area is 125 Å². The van der Waals surface area contributed by atoms with Crippen LogP contribution in [0.25, 0.3) is 5.69 Å². The first-order valence-corrected chi connectivity index (χ1v) is 7.37. The molecule has 0 fully saturated rings. The Balaban J connectivity index is 1.98. The number of tetrazole rings is 1. The van der Waals surface area contributed by atoms with E-state index in [-0.39, 0.29) is 6.04 Å². The molecule has 1 aromatic heterocycles. The predicted molar refractivity (Wildman–Crippen MR) is 81.1 cm³/mol. The van der Waals surface area contributed by atoms with Crippen molar-refractivity contribution in [2.45, 2.75) is 45.3 Å². The molecule has 2 rings (SSSR count). The van der Waals surface area contributed by atoms with E-state index in [1.54, 1.807) is 11.0 Å². The van der Waals surface area contributed by atoms with Crippen molar-refractivity contribution in [1.82, 2.24) is 25.5 Å². The Hall–Kier alpha value is -1.79. The fraction of sp³-hybridized carbons (Fsp3) is 0.533. The van der Waals surface area contributed by atoms with Crippen LogP contribution in [0.2, 0.25) is 0 Å². The van der Waals surface area contributed by atoms with Crippen molar-refractivity contribution < 1.29 is 5.11 Å². The molecule has 21 heavy (non-hydrogen) atoms. The van der Waals surface area contributed by atoms with Crippen molar-refractivity contribution in [1.29, 1.82) is 0 Å². The lowest BCUT2D eigenvalue weighted by atomic mass is 9.96. The second kappa shape index (κ2) is 6.78. The highest BCUT2D eigenvalue weighted by Crippen LogP contribution is 2.18. The third kappa shape index (κ3) is 3.86. The van der Waals surface area contributed by atoms with E-state index in [9.17, 15) is 5.11 Å². The summed E-state index contributed by atoms with van der Waals surface area (Å²) in [4.78, 5) is 0. The SMILES string of the molecule is CCC(O)(CC)CNC(C)c1ccc(-n2cnnn2)cc1. The molecule has 0 aliphatic carbocycles. The molecule has 114 valence electrons. The first-order chi connectivity index (χ1) is 10.1. The Morgan fingerprint density at radius 1 is 1.24 bits per heavy atom. The molecular formula is C15H23N5O. The zero-order valence-corrected chi connectivity index (χ0v) is 12.8. The van der Waals surface area contributed by atoms with E-state index in [1.807, 2.05) is 38.1 Å². The zero-order chi connectivity index (χ0) is 15.3. The van der Waals surface area contributed by atoms with Gasteiger partial charge < -0.3 is 10.4 Å². The van der Waals surface area contributed by atoms with Crippen molar-refractivity contribution in [2.24, 2.45) is 0 Å². The van der Waals surface area contributed by atoms with Crippen LogP contribution in [-0.4, -0.2) is 37.5 Å². The molecule has 1 heterocycles. The van der Waals surface area contributed by atoms with Crippen molar-refractivity contribution in [3.63, 3.8) is 0 Å². The minimum atomic E-state index is -0.624. The Kier molecular flexibility index (Phi) is 5.03. The Morgan fingerprint density at radius 3 is 2.43 bits per heavy atom. The summed E-state index contributed by atoms with van der Waals surface area (Å²) in [6.07, 6.45) is 3.07. The largest absolute Gasteiger partial charge is 0.389 e. The van der Waals surface area contributed by atoms with Gasteiger partial charge in [0.15, 0.2) is 0 Å². The van der Waals surface area contributed by atoms with E-state index in [4.69, 9.17) is 0 Å². The molecule has 0 spiro atoms. The van der Waals surface area contributed by atoms with Gasteiger partial charge in [0.25, 0.3) is 0 Å². The number of benzene rings is 1. The summed E-state index contributed by atoms with van der Waals surface area (Å²) in [5, 5.41) is 24.8. The van der Waals surface area contributed by atoms with Gasteiger partial charge in [-0.05, 0) is 47.9 Å². The lowest BCUT2D eigenvalue weighted by Gasteiger charge is -2.27. The molecule has 1 aromatic carbocycles. The quantitative estimate of drug-likeness (QED) is 0.813. The Bertz CT molecular complexity index is 534. The second-order valence-electron chi connectivity index (χ2n) is 5.38. The number of hydrogen-bond acceptors (Lipinski definition) is 5. The first kappa shape index (κ1) is 15.6. The second-order valence-corrected chi connectivity index (χ2v) is 5.38. The van der Waals surface area contributed by atoms with Crippen LogP contribution < -0.4 is 5.32 Å². The highest BCUT2D eigenvalue weighted by molar-refractivity contribution is 5.34. The van der Waals surface area contributed by atoms with E-state index in [0.29, 0.717) is 6.54 Å². The average molecular weight is 289 g/mol. The average Bonchev–Trinajstić information content (AvgIpc) is 3.07. The van der Waals surface area contributed by atoms with E-state index in [0.717, 1.165) is 18.5 Å². The summed E-state index contributed by atoms with van der Waals surface area (Å²) in [5.74, 6) is 0. The molecular weight excluding hydrogens is 266 g/mol. The summed E-state index contributed by atoms with van der Waals surface area (Å²) in [6, 6.07) is 8.24. The standard InChI is InChI=1S/C15H23N5O/c1-4-15(21,5-2)10-16-12(3)13-6-8-14(9-7-13)20-11-17-18-19-20/h6-9,11-12,16,21H,4-5,10H2,1-3H3. The van der Waals surface area contributed by atoms with Crippen molar-refractivity contribution in [3.8, 4) is 5.69 Å². The van der Waals surface area contributed by atoms with Crippen molar-refractivity contribution in [2.75, 3.05) is 6.54 Å². The van der Waals surface area contributed by atoms with Crippen LogP contribution in [-0.2, 0) is 0 Å². The van der Waals surface area contributed by atoms with Crippen LogP contribution in [0.3, 0.4) is 0 Å². The maximum absolute atomic E-state index is 10.3. The molecule has 0 aliphatic rings. The molecule has 6 nitrogen and oxygen atoms in total. The monoisotopic (exact) mass is 289 g/mol. The van der Waals surface area contributed by atoms with Gasteiger partial charge in [-0.3, -0.25) is 0 Å². The third-order valence-corrected chi connectivity index (χ3v) is 4.06. The summed E-state index contributed by atoms with van der Waals surface area (Å²) in [5.41, 5.74) is 1.47. The van der Waals surface area contributed by atoms with E-state index in [1.165, 1.54) is 5.56 Å². The molecule has 2 aromatic rings. The van der Waals surface area contributed by atoms with Gasteiger partial charge in [-0.1, -0.05) is 26.0 Å². The van der Waals surface area contributed by atoms with Gasteiger partial charge in [0.1, 0.15) is 6.33 Å². The van der Waals surface area contributed by atoms with Crippen molar-refractivity contribution >= 4 is 0 Å². The number of nitrogens with zero attached hydrogens (tertiary/aromatic N) is 4. The van der Waals surface area contributed by atoms with E-state index in [2.05, 4.69) is 27.8 Å². The molecule has 1 unspecified atom stereocenters. The van der Waals surface area contributed by atoms with Crippen LogP contribution in [0.4, 0.5) is 0 Å². The number of aromatic nitrogens is 4. The minimum absolute atomic E-state index is 0.178. The molecule has 0 saturated heterocycles. The van der Waals surface area contributed by atoms with Gasteiger partial charge in [-0.2, -0.15) is 0 Å². The molecule has 6 heteroatoms. The number of aliphatic hydroxyl groups is 1. The summed E-state index contributed by atoms with van der Waals surface area (Å²) in [6.45, 7) is 6.71.